The zero-order valence-electron chi connectivity index (χ0n) is 18.3. The van der Waals surface area contributed by atoms with E-state index < -0.39 is 0 Å². The second-order valence-corrected chi connectivity index (χ2v) is 9.59. The fraction of sp³-hybridized carbons (Fsp3) is 0.480. The Morgan fingerprint density at radius 2 is 1.77 bits per heavy atom. The van der Waals surface area contributed by atoms with E-state index in [1.807, 2.05) is 0 Å². The van der Waals surface area contributed by atoms with E-state index in [4.69, 9.17) is 16.6 Å². The van der Waals surface area contributed by atoms with Crippen molar-refractivity contribution in [1.29, 1.82) is 0 Å². The largest absolute Gasteiger partial charge is 0.317 e. The van der Waals surface area contributed by atoms with E-state index in [1.165, 1.54) is 53.6 Å². The number of aryl methyl sites for hydroxylation is 2. The maximum Gasteiger partial charge on any atom is 0.133 e. The predicted octanol–water partition coefficient (Wildman–Crippen LogP) is 5.00. The summed E-state index contributed by atoms with van der Waals surface area (Å²) in [6, 6.07) is 6.88. The quantitative estimate of drug-likeness (QED) is 0.572. The summed E-state index contributed by atoms with van der Waals surface area (Å²) in [4.78, 5) is 9.34. The molecule has 31 heavy (non-hydrogen) atoms. The summed E-state index contributed by atoms with van der Waals surface area (Å²) in [5, 5.41) is 11.7. The number of hydrogen-bond donors (Lipinski definition) is 2. The van der Waals surface area contributed by atoms with E-state index in [0.717, 1.165) is 36.7 Å². The zero-order chi connectivity index (χ0) is 21.4. The van der Waals surface area contributed by atoms with Gasteiger partial charge in [0.05, 0.1) is 16.4 Å². The van der Waals surface area contributed by atoms with Crippen LogP contribution < -0.4 is 5.32 Å². The maximum absolute atomic E-state index is 6.43. The first-order valence-corrected chi connectivity index (χ1v) is 11.8. The molecular formula is C25H30ClN5. The van der Waals surface area contributed by atoms with Crippen LogP contribution in [0, 0.1) is 13.8 Å². The number of aromatic nitrogens is 4. The van der Waals surface area contributed by atoms with Crippen molar-refractivity contribution in [3.63, 3.8) is 0 Å². The highest BCUT2D eigenvalue weighted by molar-refractivity contribution is 6.31. The molecule has 6 heteroatoms. The molecular weight excluding hydrogens is 406 g/mol. The molecule has 2 fully saturated rings. The molecule has 0 unspecified atom stereocenters. The number of piperidine rings is 1. The van der Waals surface area contributed by atoms with Gasteiger partial charge >= 0.3 is 0 Å². The van der Waals surface area contributed by atoms with Gasteiger partial charge in [-0.1, -0.05) is 23.7 Å². The fourth-order valence-corrected chi connectivity index (χ4v) is 4.88. The summed E-state index contributed by atoms with van der Waals surface area (Å²) in [6.45, 7) is 6.68. The molecule has 162 valence electrons. The molecule has 2 aliphatic rings. The summed E-state index contributed by atoms with van der Waals surface area (Å²) in [5.74, 6) is 2.13. The van der Waals surface area contributed by atoms with E-state index in [-0.39, 0.29) is 0 Å². The lowest BCUT2D eigenvalue weighted by Crippen LogP contribution is -2.27. The first-order chi connectivity index (χ1) is 15.1. The van der Waals surface area contributed by atoms with Crippen molar-refractivity contribution in [3.05, 3.63) is 74.6 Å². The van der Waals surface area contributed by atoms with Crippen molar-refractivity contribution in [2.75, 3.05) is 13.1 Å². The number of rotatable bonds is 6. The van der Waals surface area contributed by atoms with Gasteiger partial charge in [-0.15, -0.1) is 0 Å². The Morgan fingerprint density at radius 3 is 2.55 bits per heavy atom. The number of aromatic amines is 1. The van der Waals surface area contributed by atoms with Crippen molar-refractivity contribution >= 4 is 11.6 Å². The van der Waals surface area contributed by atoms with Crippen LogP contribution in [0.15, 0.2) is 24.4 Å². The minimum absolute atomic E-state index is 0.612. The van der Waals surface area contributed by atoms with Crippen LogP contribution in [0.3, 0.4) is 0 Å². The molecule has 1 aliphatic carbocycles. The van der Waals surface area contributed by atoms with Gasteiger partial charge in [-0.3, -0.25) is 5.10 Å². The van der Waals surface area contributed by atoms with Gasteiger partial charge in [-0.25, -0.2) is 9.97 Å². The third-order valence-corrected chi connectivity index (χ3v) is 7.04. The molecule has 1 aromatic carbocycles. The van der Waals surface area contributed by atoms with Gasteiger partial charge in [0.15, 0.2) is 0 Å². The van der Waals surface area contributed by atoms with Gasteiger partial charge in [0, 0.05) is 30.7 Å². The van der Waals surface area contributed by atoms with Crippen LogP contribution in [-0.4, -0.2) is 33.3 Å². The molecule has 0 radical (unpaired) electrons. The Morgan fingerprint density at radius 1 is 0.968 bits per heavy atom. The van der Waals surface area contributed by atoms with Crippen molar-refractivity contribution in [2.24, 2.45) is 0 Å². The molecule has 3 aromatic rings. The molecule has 1 aliphatic heterocycles. The van der Waals surface area contributed by atoms with Gasteiger partial charge in [-0.2, -0.15) is 5.10 Å². The predicted molar refractivity (Wildman–Crippen MR) is 124 cm³/mol. The standard InChI is InChI=1S/C25H30ClN5/c1-15-10-21(17-5-7-27-8-6-17)16(2)9-19(15)11-25-28-14-22(26)24(29-25)13-20-12-23(31-30-20)18-3-4-18/h9-10,12,14,17-18,27H,3-8,11,13H2,1-2H3,(H,30,31). The van der Waals surface area contributed by atoms with Gasteiger partial charge in [0.2, 0.25) is 0 Å². The van der Waals surface area contributed by atoms with E-state index in [1.54, 1.807) is 6.20 Å². The zero-order valence-corrected chi connectivity index (χ0v) is 19.1. The van der Waals surface area contributed by atoms with Crippen molar-refractivity contribution < 1.29 is 0 Å². The summed E-state index contributed by atoms with van der Waals surface area (Å²) in [6.07, 6.45) is 8.05. The van der Waals surface area contributed by atoms with E-state index in [9.17, 15) is 0 Å². The highest BCUT2D eigenvalue weighted by Gasteiger charge is 2.26. The molecule has 5 rings (SSSR count). The second-order valence-electron chi connectivity index (χ2n) is 9.19. The second kappa shape index (κ2) is 8.71. The van der Waals surface area contributed by atoms with Crippen LogP contribution >= 0.6 is 11.6 Å². The summed E-state index contributed by atoms with van der Waals surface area (Å²) >= 11 is 6.43. The van der Waals surface area contributed by atoms with Gasteiger partial charge in [0.1, 0.15) is 5.82 Å². The lowest BCUT2D eigenvalue weighted by molar-refractivity contribution is 0.459. The molecule has 0 atom stereocenters. The van der Waals surface area contributed by atoms with Gasteiger partial charge in [0.25, 0.3) is 0 Å². The van der Waals surface area contributed by atoms with E-state index >= 15 is 0 Å². The molecule has 0 bridgehead atoms. The molecule has 1 saturated heterocycles. The van der Waals surface area contributed by atoms with E-state index in [0.29, 0.717) is 23.3 Å². The summed E-state index contributed by atoms with van der Waals surface area (Å²) in [5.41, 5.74) is 8.59. The first kappa shape index (κ1) is 20.7. The Hall–Kier alpha value is -2.24. The third-order valence-electron chi connectivity index (χ3n) is 6.72. The number of nitrogens with one attached hydrogen (secondary N) is 2. The summed E-state index contributed by atoms with van der Waals surface area (Å²) < 4.78 is 0. The molecule has 2 aromatic heterocycles. The van der Waals surface area contributed by atoms with Gasteiger partial charge < -0.3 is 5.32 Å². The number of benzene rings is 1. The smallest absolute Gasteiger partial charge is 0.133 e. The Balaban J connectivity index is 1.34. The molecule has 0 amide bonds. The third kappa shape index (κ3) is 4.68. The molecule has 2 N–H and O–H groups in total. The lowest BCUT2D eigenvalue weighted by Gasteiger charge is -2.25. The van der Waals surface area contributed by atoms with Crippen molar-refractivity contribution in [3.8, 4) is 0 Å². The van der Waals surface area contributed by atoms with Crippen LogP contribution in [0.1, 0.15) is 82.7 Å². The van der Waals surface area contributed by atoms with Gasteiger partial charge in [-0.05, 0) is 86.9 Å². The van der Waals surface area contributed by atoms with Crippen LogP contribution in [-0.2, 0) is 12.8 Å². The number of nitrogens with zero attached hydrogens (tertiary/aromatic N) is 3. The average molecular weight is 436 g/mol. The lowest BCUT2D eigenvalue weighted by atomic mass is 9.85. The maximum atomic E-state index is 6.43. The Labute approximate surface area is 189 Å². The SMILES string of the molecule is Cc1cc(C2CCNCC2)c(C)cc1Cc1ncc(Cl)c(Cc2cc(C3CC3)n[nH]2)n1. The van der Waals surface area contributed by atoms with E-state index in [2.05, 4.69) is 52.5 Å². The van der Waals surface area contributed by atoms with Crippen molar-refractivity contribution in [1.82, 2.24) is 25.5 Å². The monoisotopic (exact) mass is 435 g/mol. The molecule has 1 saturated carbocycles. The number of hydrogen-bond acceptors (Lipinski definition) is 4. The highest BCUT2D eigenvalue weighted by atomic mass is 35.5. The van der Waals surface area contributed by atoms with Crippen molar-refractivity contribution in [2.45, 2.75) is 64.2 Å². The van der Waals surface area contributed by atoms with Crippen LogP contribution in [0.4, 0.5) is 0 Å². The molecule has 3 heterocycles. The average Bonchev–Trinajstić information content (AvgIpc) is 3.52. The Kier molecular flexibility index (Phi) is 5.81. The number of H-pyrrole nitrogens is 1. The number of halogens is 1. The minimum Gasteiger partial charge on any atom is -0.317 e. The fourth-order valence-electron chi connectivity index (χ4n) is 4.72. The molecule has 5 nitrogen and oxygen atoms in total. The highest BCUT2D eigenvalue weighted by Crippen LogP contribution is 2.39. The van der Waals surface area contributed by atoms with Crippen LogP contribution in [0.5, 0.6) is 0 Å². The first-order valence-electron chi connectivity index (χ1n) is 11.4. The normalized spacial score (nSPS) is 17.3. The molecule has 0 spiro atoms. The van der Waals surface area contributed by atoms with Crippen LogP contribution in [0.2, 0.25) is 5.02 Å². The minimum atomic E-state index is 0.612. The Bertz CT molecular complexity index is 1080. The summed E-state index contributed by atoms with van der Waals surface area (Å²) in [7, 11) is 0. The van der Waals surface area contributed by atoms with Crippen LogP contribution in [0.25, 0.3) is 0 Å². The topological polar surface area (TPSA) is 66.5 Å².